The van der Waals surface area contributed by atoms with E-state index in [0.717, 1.165) is 4.90 Å². The Kier molecular flexibility index (Phi) is 5.01. The van der Waals surface area contributed by atoms with Crippen LogP contribution in [0.4, 0.5) is 13.2 Å². The molecule has 20 heavy (non-hydrogen) atoms. The summed E-state index contributed by atoms with van der Waals surface area (Å²) in [6, 6.07) is -0.802. The van der Waals surface area contributed by atoms with Crippen molar-refractivity contribution < 1.29 is 22.8 Å². The van der Waals surface area contributed by atoms with E-state index in [9.17, 15) is 22.8 Å². The molecule has 1 aliphatic rings. The Morgan fingerprint density at radius 2 is 2.10 bits per heavy atom. The number of carbonyl (C=O) groups excluding carboxylic acids is 2. The van der Waals surface area contributed by atoms with Gasteiger partial charge in [-0.05, 0) is 26.2 Å². The smallest absolute Gasteiger partial charge is 0.368 e. The average molecular weight is 295 g/mol. The number of primary amides is 1. The van der Waals surface area contributed by atoms with Crippen LogP contribution in [-0.2, 0) is 9.59 Å². The molecule has 1 fully saturated rings. The Hall–Kier alpha value is -1.31. The third-order valence-electron chi connectivity index (χ3n) is 3.64. The van der Waals surface area contributed by atoms with Crippen LogP contribution in [0.5, 0.6) is 0 Å². The standard InChI is InChI=1S/C12H20F3N3O2/c1-3-11(2,10(16)20)17-8-5-4-6-18(9(8)19)7-12(13,14)15/h8,17H,3-7H2,1-2H3,(H2,16,20)/t8-,11-/m1/s1. The van der Waals surface area contributed by atoms with Gasteiger partial charge in [0.15, 0.2) is 0 Å². The zero-order valence-corrected chi connectivity index (χ0v) is 11.6. The number of nitrogens with zero attached hydrogens (tertiary/aromatic N) is 1. The highest BCUT2D eigenvalue weighted by molar-refractivity contribution is 5.87. The molecule has 0 saturated carbocycles. The number of alkyl halides is 3. The molecule has 0 aromatic rings. The molecule has 0 aromatic carbocycles. The van der Waals surface area contributed by atoms with Gasteiger partial charge in [0.05, 0.1) is 11.6 Å². The van der Waals surface area contributed by atoms with Crippen LogP contribution in [0.1, 0.15) is 33.1 Å². The van der Waals surface area contributed by atoms with Gasteiger partial charge in [-0.2, -0.15) is 13.2 Å². The fraction of sp³-hybridized carbons (Fsp3) is 0.833. The Bertz CT molecular complexity index is 387. The first-order valence-corrected chi connectivity index (χ1v) is 6.52. The van der Waals surface area contributed by atoms with Gasteiger partial charge in [-0.3, -0.25) is 14.9 Å². The minimum atomic E-state index is -4.42. The predicted octanol–water partition coefficient (Wildman–Crippen LogP) is 0.783. The Balaban J connectivity index is 2.76. The van der Waals surface area contributed by atoms with Crippen LogP contribution >= 0.6 is 0 Å². The lowest BCUT2D eigenvalue weighted by Crippen LogP contribution is -2.62. The second-order valence-electron chi connectivity index (χ2n) is 5.26. The van der Waals surface area contributed by atoms with E-state index in [4.69, 9.17) is 5.73 Å². The summed E-state index contributed by atoms with van der Waals surface area (Å²) in [7, 11) is 0. The summed E-state index contributed by atoms with van der Waals surface area (Å²) >= 11 is 0. The van der Waals surface area contributed by atoms with Crippen molar-refractivity contribution in [1.82, 2.24) is 10.2 Å². The molecule has 0 spiro atoms. The second-order valence-corrected chi connectivity index (χ2v) is 5.26. The molecule has 1 heterocycles. The van der Waals surface area contributed by atoms with E-state index in [1.165, 1.54) is 0 Å². The Morgan fingerprint density at radius 3 is 2.55 bits per heavy atom. The number of carbonyl (C=O) groups is 2. The van der Waals surface area contributed by atoms with Gasteiger partial charge >= 0.3 is 6.18 Å². The van der Waals surface area contributed by atoms with E-state index in [0.29, 0.717) is 19.3 Å². The molecule has 1 rings (SSSR count). The van der Waals surface area contributed by atoms with Crippen molar-refractivity contribution in [2.24, 2.45) is 5.73 Å². The van der Waals surface area contributed by atoms with Gasteiger partial charge in [-0.1, -0.05) is 6.92 Å². The molecule has 2 atom stereocenters. The van der Waals surface area contributed by atoms with E-state index < -0.39 is 36.1 Å². The lowest BCUT2D eigenvalue weighted by Gasteiger charge is -2.37. The number of halogens is 3. The van der Waals surface area contributed by atoms with Crippen LogP contribution in [0.15, 0.2) is 0 Å². The van der Waals surface area contributed by atoms with Crippen molar-refractivity contribution in [2.75, 3.05) is 13.1 Å². The lowest BCUT2D eigenvalue weighted by atomic mass is 9.94. The monoisotopic (exact) mass is 295 g/mol. The third-order valence-corrected chi connectivity index (χ3v) is 3.64. The SMILES string of the molecule is CC[C@@](C)(N[C@@H]1CCCN(CC(F)(F)F)C1=O)C(N)=O. The van der Waals surface area contributed by atoms with E-state index in [1.807, 2.05) is 0 Å². The highest BCUT2D eigenvalue weighted by Crippen LogP contribution is 2.22. The Morgan fingerprint density at radius 1 is 1.50 bits per heavy atom. The minimum Gasteiger partial charge on any atom is -0.368 e. The molecule has 1 aliphatic heterocycles. The van der Waals surface area contributed by atoms with Gasteiger partial charge in [0, 0.05) is 6.54 Å². The number of likely N-dealkylation sites (tertiary alicyclic amines) is 1. The fourth-order valence-corrected chi connectivity index (χ4v) is 2.18. The molecular weight excluding hydrogens is 275 g/mol. The third kappa shape index (κ3) is 4.09. The van der Waals surface area contributed by atoms with Gasteiger partial charge in [0.1, 0.15) is 6.54 Å². The normalized spacial score (nSPS) is 23.6. The van der Waals surface area contributed by atoms with Crippen LogP contribution in [0.25, 0.3) is 0 Å². The van der Waals surface area contributed by atoms with Crippen molar-refractivity contribution in [3.05, 3.63) is 0 Å². The van der Waals surface area contributed by atoms with Crippen molar-refractivity contribution in [3.63, 3.8) is 0 Å². The van der Waals surface area contributed by atoms with Crippen molar-refractivity contribution in [3.8, 4) is 0 Å². The largest absolute Gasteiger partial charge is 0.406 e. The van der Waals surface area contributed by atoms with Gasteiger partial charge in [0.25, 0.3) is 0 Å². The quantitative estimate of drug-likeness (QED) is 0.787. The maximum atomic E-state index is 12.4. The first-order chi connectivity index (χ1) is 9.09. The lowest BCUT2D eigenvalue weighted by molar-refractivity contribution is -0.165. The predicted molar refractivity (Wildman–Crippen MR) is 66.7 cm³/mol. The van der Waals surface area contributed by atoms with Crippen LogP contribution < -0.4 is 11.1 Å². The number of nitrogens with one attached hydrogen (secondary N) is 1. The van der Waals surface area contributed by atoms with E-state index in [1.54, 1.807) is 13.8 Å². The molecule has 5 nitrogen and oxygen atoms in total. The fourth-order valence-electron chi connectivity index (χ4n) is 2.18. The summed E-state index contributed by atoms with van der Waals surface area (Å²) in [6.45, 7) is 2.09. The summed E-state index contributed by atoms with van der Waals surface area (Å²) < 4.78 is 37.2. The van der Waals surface area contributed by atoms with E-state index in [-0.39, 0.29) is 6.54 Å². The van der Waals surface area contributed by atoms with Crippen molar-refractivity contribution in [2.45, 2.75) is 50.9 Å². The number of piperidine rings is 1. The van der Waals surface area contributed by atoms with Gasteiger partial charge < -0.3 is 10.6 Å². The zero-order valence-electron chi connectivity index (χ0n) is 11.6. The van der Waals surface area contributed by atoms with Crippen LogP contribution in [0, 0.1) is 0 Å². The van der Waals surface area contributed by atoms with Crippen LogP contribution in [0.2, 0.25) is 0 Å². The van der Waals surface area contributed by atoms with Crippen molar-refractivity contribution >= 4 is 11.8 Å². The van der Waals surface area contributed by atoms with Crippen molar-refractivity contribution in [1.29, 1.82) is 0 Å². The average Bonchev–Trinajstić information content (AvgIpc) is 2.32. The molecule has 0 aliphatic carbocycles. The molecule has 0 radical (unpaired) electrons. The molecule has 3 N–H and O–H groups in total. The molecule has 0 bridgehead atoms. The van der Waals surface area contributed by atoms with Gasteiger partial charge in [0.2, 0.25) is 11.8 Å². The molecule has 8 heteroatoms. The summed E-state index contributed by atoms with van der Waals surface area (Å²) in [5.41, 5.74) is 4.18. The summed E-state index contributed by atoms with van der Waals surface area (Å²) in [6.07, 6.45) is -3.21. The number of hydrogen-bond acceptors (Lipinski definition) is 3. The second kappa shape index (κ2) is 5.99. The Labute approximate surface area is 115 Å². The molecule has 2 amide bonds. The molecule has 116 valence electrons. The highest BCUT2D eigenvalue weighted by Gasteiger charge is 2.40. The summed E-state index contributed by atoms with van der Waals surface area (Å²) in [5.74, 6) is -1.25. The maximum absolute atomic E-state index is 12.4. The topological polar surface area (TPSA) is 75.4 Å². The number of hydrogen-bond donors (Lipinski definition) is 2. The molecule has 1 saturated heterocycles. The van der Waals surface area contributed by atoms with E-state index in [2.05, 4.69) is 5.32 Å². The molecule has 0 aromatic heterocycles. The molecule has 0 unspecified atom stereocenters. The number of rotatable bonds is 5. The van der Waals surface area contributed by atoms with Crippen LogP contribution in [0.3, 0.4) is 0 Å². The highest BCUT2D eigenvalue weighted by atomic mass is 19.4. The number of nitrogens with two attached hydrogens (primary N) is 1. The van der Waals surface area contributed by atoms with Gasteiger partial charge in [-0.25, -0.2) is 0 Å². The summed E-state index contributed by atoms with van der Waals surface area (Å²) in [5, 5.41) is 2.81. The number of amides is 2. The zero-order chi connectivity index (χ0) is 15.6. The first-order valence-electron chi connectivity index (χ1n) is 6.52. The van der Waals surface area contributed by atoms with E-state index >= 15 is 0 Å². The first kappa shape index (κ1) is 16.7. The minimum absolute atomic E-state index is 0.0793. The molecular formula is C12H20F3N3O2. The van der Waals surface area contributed by atoms with Gasteiger partial charge in [-0.15, -0.1) is 0 Å². The maximum Gasteiger partial charge on any atom is 0.406 e. The summed E-state index contributed by atoms with van der Waals surface area (Å²) in [4.78, 5) is 24.2. The van der Waals surface area contributed by atoms with Crippen LogP contribution in [-0.4, -0.2) is 47.6 Å².